The Kier molecular flexibility index (Phi) is 4.17. The van der Waals surface area contributed by atoms with Gasteiger partial charge in [-0.05, 0) is 30.3 Å². The van der Waals surface area contributed by atoms with E-state index in [0.29, 0.717) is 11.4 Å². The number of benzene rings is 2. The average molecular weight is 322 g/mol. The van der Waals surface area contributed by atoms with Gasteiger partial charge in [-0.25, -0.2) is 5.43 Å². The van der Waals surface area contributed by atoms with E-state index in [-0.39, 0.29) is 0 Å². The highest BCUT2D eigenvalue weighted by Gasteiger charge is 2.13. The lowest BCUT2D eigenvalue weighted by molar-refractivity contribution is 0.100. The number of para-hydroxylation sites is 1. The second-order valence-corrected chi connectivity index (χ2v) is 5.19. The van der Waals surface area contributed by atoms with Crippen molar-refractivity contribution in [3.8, 4) is 5.69 Å². The van der Waals surface area contributed by atoms with Gasteiger partial charge in [0.2, 0.25) is 0 Å². The molecule has 0 unspecified atom stereocenters. The Balaban J connectivity index is 2.07. The van der Waals surface area contributed by atoms with Gasteiger partial charge >= 0.3 is 0 Å². The van der Waals surface area contributed by atoms with Crippen molar-refractivity contribution in [3.05, 3.63) is 65.9 Å². The Morgan fingerprint density at radius 3 is 2.46 bits per heavy atom. The van der Waals surface area contributed by atoms with Gasteiger partial charge in [0, 0.05) is 29.9 Å². The van der Waals surface area contributed by atoms with Crippen LogP contribution in [0.5, 0.6) is 0 Å². The Morgan fingerprint density at radius 1 is 1.12 bits per heavy atom. The average Bonchev–Trinajstić information content (AvgIpc) is 3.00. The van der Waals surface area contributed by atoms with E-state index in [0.717, 1.165) is 22.2 Å². The first-order chi connectivity index (χ1) is 11.7. The third kappa shape index (κ3) is 2.68. The molecule has 0 fully saturated rings. The van der Waals surface area contributed by atoms with Gasteiger partial charge in [-0.1, -0.05) is 18.2 Å². The summed E-state index contributed by atoms with van der Waals surface area (Å²) in [6.07, 6.45) is 1.76. The fourth-order valence-corrected chi connectivity index (χ4v) is 2.67. The Hall–Kier alpha value is -3.32. The number of hydrazone groups is 1. The molecule has 7 heteroatoms. The molecule has 0 aliphatic rings. The highest BCUT2D eigenvalue weighted by atomic mass is 16.1. The zero-order valence-electron chi connectivity index (χ0n) is 13.2. The van der Waals surface area contributed by atoms with Gasteiger partial charge in [0.1, 0.15) is 0 Å². The number of primary amides is 1. The standard InChI is InChI=1S/C17H18N6O/c1-20-22-17(21-19)11-6-8-12(9-7-11)23-10-14(16(18)24)13-4-2-3-5-15(13)23/h2-10,20H,19H2,1H3,(H2,18,24)(H,21,22). The summed E-state index contributed by atoms with van der Waals surface area (Å²) in [6.45, 7) is 0. The highest BCUT2D eigenvalue weighted by Crippen LogP contribution is 2.24. The van der Waals surface area contributed by atoms with Crippen molar-refractivity contribution in [2.45, 2.75) is 0 Å². The minimum absolute atomic E-state index is 0.447. The van der Waals surface area contributed by atoms with Crippen molar-refractivity contribution < 1.29 is 4.79 Å². The van der Waals surface area contributed by atoms with Crippen molar-refractivity contribution in [2.24, 2.45) is 16.7 Å². The normalized spacial score (nSPS) is 11.6. The van der Waals surface area contributed by atoms with Gasteiger partial charge in [-0.3, -0.25) is 4.79 Å². The lowest BCUT2D eigenvalue weighted by Gasteiger charge is -2.09. The topological polar surface area (TPSA) is 110 Å². The summed E-state index contributed by atoms with van der Waals surface area (Å²) >= 11 is 0. The van der Waals surface area contributed by atoms with Crippen molar-refractivity contribution in [2.75, 3.05) is 7.05 Å². The number of nitrogens with one attached hydrogen (secondary N) is 2. The van der Waals surface area contributed by atoms with Crippen molar-refractivity contribution in [1.29, 1.82) is 0 Å². The van der Waals surface area contributed by atoms with E-state index in [1.165, 1.54) is 0 Å². The lowest BCUT2D eigenvalue weighted by Crippen LogP contribution is -2.35. The van der Waals surface area contributed by atoms with Crippen LogP contribution in [0.2, 0.25) is 0 Å². The van der Waals surface area contributed by atoms with Crippen LogP contribution in [0.25, 0.3) is 16.6 Å². The van der Waals surface area contributed by atoms with Gasteiger partial charge in [0.05, 0.1) is 11.1 Å². The van der Waals surface area contributed by atoms with Crippen LogP contribution in [-0.4, -0.2) is 23.4 Å². The molecular weight excluding hydrogens is 304 g/mol. The lowest BCUT2D eigenvalue weighted by atomic mass is 10.1. The molecule has 24 heavy (non-hydrogen) atoms. The minimum Gasteiger partial charge on any atom is -0.366 e. The summed E-state index contributed by atoms with van der Waals surface area (Å²) in [5.41, 5.74) is 14.3. The predicted molar refractivity (Wildman–Crippen MR) is 94.7 cm³/mol. The van der Waals surface area contributed by atoms with Crippen LogP contribution in [0.15, 0.2) is 59.8 Å². The molecule has 0 aliphatic carbocycles. The van der Waals surface area contributed by atoms with E-state index in [9.17, 15) is 4.79 Å². The van der Waals surface area contributed by atoms with Crippen molar-refractivity contribution in [3.63, 3.8) is 0 Å². The maximum Gasteiger partial charge on any atom is 0.250 e. The third-order valence-corrected chi connectivity index (χ3v) is 3.77. The third-order valence-electron chi connectivity index (χ3n) is 3.77. The number of amidine groups is 1. The second-order valence-electron chi connectivity index (χ2n) is 5.19. The number of carbonyl (C=O) groups excluding carboxylic acids is 1. The van der Waals surface area contributed by atoms with Crippen LogP contribution >= 0.6 is 0 Å². The van der Waals surface area contributed by atoms with Crippen LogP contribution in [0.1, 0.15) is 15.9 Å². The molecule has 7 nitrogen and oxygen atoms in total. The van der Waals surface area contributed by atoms with Crippen LogP contribution in [0.4, 0.5) is 0 Å². The SMILES string of the molecule is CNNC(=NN)c1ccc(-n2cc(C(N)=O)c3ccccc32)cc1. The van der Waals surface area contributed by atoms with Crippen molar-refractivity contribution in [1.82, 2.24) is 15.4 Å². The summed E-state index contributed by atoms with van der Waals surface area (Å²) < 4.78 is 1.93. The van der Waals surface area contributed by atoms with Crippen LogP contribution in [-0.2, 0) is 0 Å². The molecule has 1 amide bonds. The first-order valence-corrected chi connectivity index (χ1v) is 7.37. The minimum atomic E-state index is -0.447. The van der Waals surface area contributed by atoms with Gasteiger partial charge < -0.3 is 21.6 Å². The Labute approximate surface area is 138 Å². The Bertz CT molecular complexity index is 910. The van der Waals surface area contributed by atoms with Crippen molar-refractivity contribution >= 4 is 22.6 Å². The molecule has 0 spiro atoms. The summed E-state index contributed by atoms with van der Waals surface area (Å²) in [5.74, 6) is 5.46. The summed E-state index contributed by atoms with van der Waals surface area (Å²) in [6, 6.07) is 15.3. The number of hydrogen-bond donors (Lipinski definition) is 4. The molecule has 2 aromatic carbocycles. The first kappa shape index (κ1) is 15.6. The second kappa shape index (κ2) is 6.43. The smallest absolute Gasteiger partial charge is 0.250 e. The molecular formula is C17H18N6O. The zero-order valence-corrected chi connectivity index (χ0v) is 13.2. The van der Waals surface area contributed by atoms with E-state index in [4.69, 9.17) is 11.6 Å². The first-order valence-electron chi connectivity index (χ1n) is 7.37. The van der Waals surface area contributed by atoms with Gasteiger partial charge in [-0.2, -0.15) is 5.10 Å². The number of hydrazine groups is 1. The molecule has 0 bridgehead atoms. The molecule has 3 aromatic rings. The van der Waals surface area contributed by atoms with E-state index in [2.05, 4.69) is 16.0 Å². The quantitative estimate of drug-likeness (QED) is 0.249. The summed E-state index contributed by atoms with van der Waals surface area (Å²) in [5, 5.41) is 4.53. The van der Waals surface area contributed by atoms with E-state index >= 15 is 0 Å². The molecule has 1 aromatic heterocycles. The van der Waals surface area contributed by atoms with Gasteiger partial charge in [-0.15, -0.1) is 0 Å². The molecule has 122 valence electrons. The summed E-state index contributed by atoms with van der Waals surface area (Å²) in [7, 11) is 1.73. The van der Waals surface area contributed by atoms with Crippen LogP contribution in [0.3, 0.4) is 0 Å². The number of amides is 1. The van der Waals surface area contributed by atoms with Crippen LogP contribution in [0, 0.1) is 0 Å². The molecule has 3 rings (SSSR count). The fourth-order valence-electron chi connectivity index (χ4n) is 2.67. The monoisotopic (exact) mass is 322 g/mol. The van der Waals surface area contributed by atoms with E-state index in [1.807, 2.05) is 53.1 Å². The molecule has 0 saturated carbocycles. The molecule has 6 N–H and O–H groups in total. The van der Waals surface area contributed by atoms with Gasteiger partial charge in [0.25, 0.3) is 5.91 Å². The molecule has 0 radical (unpaired) electrons. The predicted octanol–water partition coefficient (Wildman–Crippen LogP) is 1.07. The number of nitrogens with zero attached hydrogens (tertiary/aromatic N) is 2. The number of aromatic nitrogens is 1. The molecule has 0 aliphatic heterocycles. The van der Waals surface area contributed by atoms with Crippen LogP contribution < -0.4 is 22.4 Å². The van der Waals surface area contributed by atoms with E-state index in [1.54, 1.807) is 13.2 Å². The number of carbonyl (C=O) groups is 1. The number of rotatable bonds is 4. The van der Waals surface area contributed by atoms with E-state index < -0.39 is 5.91 Å². The zero-order chi connectivity index (χ0) is 17.1. The highest BCUT2D eigenvalue weighted by molar-refractivity contribution is 6.06. The fraction of sp³-hybridized carbons (Fsp3) is 0.0588. The molecule has 0 saturated heterocycles. The Morgan fingerprint density at radius 2 is 1.83 bits per heavy atom. The largest absolute Gasteiger partial charge is 0.366 e. The number of nitrogens with two attached hydrogens (primary N) is 2. The maximum absolute atomic E-state index is 11.7. The molecule has 0 atom stereocenters. The number of hydrogen-bond acceptors (Lipinski definition) is 4. The summed E-state index contributed by atoms with van der Waals surface area (Å²) in [4.78, 5) is 11.7. The number of fused-ring (bicyclic) bond motifs is 1. The maximum atomic E-state index is 11.7. The molecule has 1 heterocycles. The van der Waals surface area contributed by atoms with Gasteiger partial charge in [0.15, 0.2) is 5.84 Å².